The van der Waals surface area contributed by atoms with Gasteiger partial charge in [0.15, 0.2) is 0 Å². The van der Waals surface area contributed by atoms with Gasteiger partial charge in [-0.05, 0) is 23.3 Å². The Morgan fingerprint density at radius 1 is 0.963 bits per heavy atom. The quantitative estimate of drug-likeness (QED) is 0.654. The number of amides is 1. The third kappa shape index (κ3) is 5.04. The van der Waals surface area contributed by atoms with Gasteiger partial charge in [-0.3, -0.25) is 18.7 Å². The molecule has 0 bridgehead atoms. The molecule has 3 aromatic rings. The SMILES string of the molecule is O=C(Cn1c(=O)ccn(Cc2ccccc2)c1=O)NCc1cccc(Br)c1. The molecule has 6 nitrogen and oxygen atoms in total. The van der Waals surface area contributed by atoms with Crippen LogP contribution in [0.2, 0.25) is 0 Å². The molecule has 0 fully saturated rings. The zero-order valence-electron chi connectivity index (χ0n) is 14.5. The Kier molecular flexibility index (Phi) is 6.03. The predicted octanol–water partition coefficient (Wildman–Crippen LogP) is 2.14. The van der Waals surface area contributed by atoms with Crippen LogP contribution in [0.3, 0.4) is 0 Å². The molecule has 0 radical (unpaired) electrons. The Bertz CT molecular complexity index is 1060. The van der Waals surface area contributed by atoms with Crippen LogP contribution in [0.1, 0.15) is 11.1 Å². The van der Waals surface area contributed by atoms with Gasteiger partial charge in [0.2, 0.25) is 5.91 Å². The van der Waals surface area contributed by atoms with E-state index in [1.165, 1.54) is 16.8 Å². The van der Waals surface area contributed by atoms with Gasteiger partial charge in [0.05, 0.1) is 6.54 Å². The Balaban J connectivity index is 1.72. The summed E-state index contributed by atoms with van der Waals surface area (Å²) in [6.45, 7) is 0.332. The zero-order chi connectivity index (χ0) is 19.2. The largest absolute Gasteiger partial charge is 0.350 e. The summed E-state index contributed by atoms with van der Waals surface area (Å²) in [5.74, 6) is -0.397. The first-order chi connectivity index (χ1) is 13.0. The lowest BCUT2D eigenvalue weighted by Gasteiger charge is -2.10. The van der Waals surface area contributed by atoms with E-state index in [4.69, 9.17) is 0 Å². The van der Waals surface area contributed by atoms with Crippen molar-refractivity contribution in [3.8, 4) is 0 Å². The summed E-state index contributed by atoms with van der Waals surface area (Å²) in [5, 5.41) is 2.73. The number of halogens is 1. The Morgan fingerprint density at radius 3 is 2.44 bits per heavy atom. The Labute approximate surface area is 164 Å². The van der Waals surface area contributed by atoms with Crippen LogP contribution in [-0.4, -0.2) is 15.0 Å². The van der Waals surface area contributed by atoms with E-state index in [-0.39, 0.29) is 6.54 Å². The molecule has 0 aliphatic heterocycles. The fourth-order valence-corrected chi connectivity index (χ4v) is 3.10. The maximum Gasteiger partial charge on any atom is 0.331 e. The summed E-state index contributed by atoms with van der Waals surface area (Å²) in [7, 11) is 0. The topological polar surface area (TPSA) is 73.1 Å². The van der Waals surface area contributed by atoms with Gasteiger partial charge in [0.1, 0.15) is 6.54 Å². The van der Waals surface area contributed by atoms with Crippen LogP contribution < -0.4 is 16.6 Å². The normalized spacial score (nSPS) is 10.6. The van der Waals surface area contributed by atoms with Crippen LogP contribution >= 0.6 is 15.9 Å². The fourth-order valence-electron chi connectivity index (χ4n) is 2.65. The van der Waals surface area contributed by atoms with Crippen LogP contribution in [0.4, 0.5) is 0 Å². The highest BCUT2D eigenvalue weighted by molar-refractivity contribution is 9.10. The summed E-state index contributed by atoms with van der Waals surface area (Å²) >= 11 is 3.37. The summed E-state index contributed by atoms with van der Waals surface area (Å²) in [4.78, 5) is 36.9. The molecule has 1 heterocycles. The third-order valence-electron chi connectivity index (χ3n) is 4.02. The molecule has 2 aromatic carbocycles. The van der Waals surface area contributed by atoms with Gasteiger partial charge >= 0.3 is 5.69 Å². The lowest BCUT2D eigenvalue weighted by Crippen LogP contribution is -2.43. The molecule has 0 atom stereocenters. The van der Waals surface area contributed by atoms with E-state index in [1.807, 2.05) is 54.6 Å². The van der Waals surface area contributed by atoms with Gasteiger partial charge in [0.25, 0.3) is 5.56 Å². The molecule has 138 valence electrons. The summed E-state index contributed by atoms with van der Waals surface area (Å²) < 4.78 is 3.27. The molecule has 1 aromatic heterocycles. The van der Waals surface area contributed by atoms with E-state index >= 15 is 0 Å². The second kappa shape index (κ2) is 8.64. The van der Waals surface area contributed by atoms with E-state index < -0.39 is 17.2 Å². The number of carbonyl (C=O) groups is 1. The van der Waals surface area contributed by atoms with Crippen LogP contribution in [0.5, 0.6) is 0 Å². The molecule has 0 saturated carbocycles. The highest BCUT2D eigenvalue weighted by Gasteiger charge is 2.10. The van der Waals surface area contributed by atoms with E-state index in [1.54, 1.807) is 0 Å². The highest BCUT2D eigenvalue weighted by atomic mass is 79.9. The van der Waals surface area contributed by atoms with Crippen molar-refractivity contribution < 1.29 is 4.79 Å². The minimum absolute atomic E-state index is 0.318. The number of hydrogen-bond donors (Lipinski definition) is 1. The summed E-state index contributed by atoms with van der Waals surface area (Å²) in [6.07, 6.45) is 1.45. The monoisotopic (exact) mass is 427 g/mol. The predicted molar refractivity (Wildman–Crippen MR) is 106 cm³/mol. The molecule has 7 heteroatoms. The van der Waals surface area contributed by atoms with Gasteiger partial charge in [-0.15, -0.1) is 0 Å². The van der Waals surface area contributed by atoms with Crippen molar-refractivity contribution in [1.29, 1.82) is 0 Å². The van der Waals surface area contributed by atoms with Crippen molar-refractivity contribution in [3.05, 3.63) is 103 Å². The van der Waals surface area contributed by atoms with Crippen molar-refractivity contribution in [2.75, 3.05) is 0 Å². The van der Waals surface area contributed by atoms with Crippen LogP contribution in [-0.2, 0) is 24.4 Å². The lowest BCUT2D eigenvalue weighted by atomic mass is 10.2. The average Bonchev–Trinajstić information content (AvgIpc) is 2.67. The van der Waals surface area contributed by atoms with Crippen LogP contribution in [0.25, 0.3) is 0 Å². The maximum absolute atomic E-state index is 12.6. The smallest absolute Gasteiger partial charge is 0.331 e. The number of aromatic nitrogens is 2. The standard InChI is InChI=1S/C20H18BrN3O3/c21-17-8-4-7-16(11-17)12-22-18(25)14-24-19(26)9-10-23(20(24)27)13-15-5-2-1-3-6-15/h1-11H,12-14H2,(H,22,25). The number of nitrogens with zero attached hydrogens (tertiary/aromatic N) is 2. The van der Waals surface area contributed by atoms with Crippen molar-refractivity contribution in [1.82, 2.24) is 14.5 Å². The number of hydrogen-bond acceptors (Lipinski definition) is 3. The molecule has 27 heavy (non-hydrogen) atoms. The molecule has 1 amide bonds. The number of rotatable bonds is 6. The molecule has 0 aliphatic carbocycles. The first-order valence-electron chi connectivity index (χ1n) is 8.38. The summed E-state index contributed by atoms with van der Waals surface area (Å²) in [5.41, 5.74) is 0.842. The first kappa shape index (κ1) is 18.8. The molecule has 0 unspecified atom stereocenters. The van der Waals surface area contributed by atoms with Crippen molar-refractivity contribution in [2.45, 2.75) is 19.6 Å². The molecule has 3 rings (SSSR count). The van der Waals surface area contributed by atoms with Crippen molar-refractivity contribution in [3.63, 3.8) is 0 Å². The maximum atomic E-state index is 12.6. The zero-order valence-corrected chi connectivity index (χ0v) is 16.1. The van der Waals surface area contributed by atoms with Gasteiger partial charge in [-0.1, -0.05) is 58.4 Å². The van der Waals surface area contributed by atoms with Crippen molar-refractivity contribution >= 4 is 21.8 Å². The number of carbonyl (C=O) groups excluding carboxylic acids is 1. The molecule has 0 spiro atoms. The van der Waals surface area contributed by atoms with Gasteiger partial charge < -0.3 is 5.32 Å². The molecular weight excluding hydrogens is 410 g/mol. The third-order valence-corrected chi connectivity index (χ3v) is 4.51. The lowest BCUT2D eigenvalue weighted by molar-refractivity contribution is -0.121. The minimum Gasteiger partial charge on any atom is -0.350 e. The van der Waals surface area contributed by atoms with Gasteiger partial charge in [-0.2, -0.15) is 0 Å². The minimum atomic E-state index is -0.510. The highest BCUT2D eigenvalue weighted by Crippen LogP contribution is 2.11. The Morgan fingerprint density at radius 2 is 1.70 bits per heavy atom. The van der Waals surface area contributed by atoms with E-state index in [9.17, 15) is 14.4 Å². The van der Waals surface area contributed by atoms with E-state index in [0.29, 0.717) is 13.1 Å². The van der Waals surface area contributed by atoms with Crippen LogP contribution in [0.15, 0.2) is 80.9 Å². The Hall–Kier alpha value is -2.93. The molecule has 1 N–H and O–H groups in total. The van der Waals surface area contributed by atoms with Gasteiger partial charge in [0, 0.05) is 23.3 Å². The van der Waals surface area contributed by atoms with Crippen molar-refractivity contribution in [2.24, 2.45) is 0 Å². The second-order valence-electron chi connectivity index (χ2n) is 6.04. The molecule has 0 aliphatic rings. The van der Waals surface area contributed by atoms with Gasteiger partial charge in [-0.25, -0.2) is 4.79 Å². The van der Waals surface area contributed by atoms with E-state index in [2.05, 4.69) is 21.2 Å². The van der Waals surface area contributed by atoms with E-state index in [0.717, 1.165) is 20.2 Å². The number of nitrogens with one attached hydrogen (secondary N) is 1. The summed E-state index contributed by atoms with van der Waals surface area (Å²) in [6, 6.07) is 18.3. The van der Waals surface area contributed by atoms with Crippen LogP contribution in [0, 0.1) is 0 Å². The molecule has 0 saturated heterocycles. The molecular formula is C20H18BrN3O3. The first-order valence-corrected chi connectivity index (χ1v) is 9.17. The second-order valence-corrected chi connectivity index (χ2v) is 6.96. The average molecular weight is 428 g/mol. The number of benzene rings is 2. The fraction of sp³-hybridized carbons (Fsp3) is 0.150.